The zero-order valence-electron chi connectivity index (χ0n) is 12.1. The minimum Gasteiger partial charge on any atom is -0.262 e. The van der Waals surface area contributed by atoms with Crippen molar-refractivity contribution in [2.24, 2.45) is 0 Å². The van der Waals surface area contributed by atoms with Crippen LogP contribution >= 0.6 is 11.3 Å². The van der Waals surface area contributed by atoms with E-state index in [2.05, 4.69) is 24.9 Å². The van der Waals surface area contributed by atoms with Crippen molar-refractivity contribution >= 4 is 37.4 Å². The van der Waals surface area contributed by atoms with Crippen LogP contribution in [0.1, 0.15) is 0 Å². The van der Waals surface area contributed by atoms with Crippen molar-refractivity contribution < 1.29 is 8.42 Å². The van der Waals surface area contributed by atoms with Gasteiger partial charge in [-0.05, 0) is 29.6 Å². The average Bonchev–Trinajstić information content (AvgIpc) is 3.23. The maximum Gasteiger partial charge on any atom is 0.264 e. The fourth-order valence-corrected chi connectivity index (χ4v) is 3.88. The van der Waals surface area contributed by atoms with E-state index in [1.807, 2.05) is 11.4 Å². The Balaban J connectivity index is 1.63. The van der Waals surface area contributed by atoms with Gasteiger partial charge in [-0.2, -0.15) is 5.10 Å². The van der Waals surface area contributed by atoms with Crippen LogP contribution in [0.2, 0.25) is 0 Å². The van der Waals surface area contributed by atoms with Gasteiger partial charge in [0, 0.05) is 12.4 Å². The van der Waals surface area contributed by atoms with Crippen LogP contribution in [0.25, 0.3) is 15.9 Å². The molecule has 0 aliphatic carbocycles. The van der Waals surface area contributed by atoms with E-state index in [0.29, 0.717) is 5.69 Å². The number of aromatic nitrogens is 5. The molecule has 0 aliphatic heterocycles. The van der Waals surface area contributed by atoms with E-state index in [1.165, 1.54) is 28.5 Å². The molecule has 0 radical (unpaired) electrons. The van der Waals surface area contributed by atoms with E-state index in [-0.39, 0.29) is 10.7 Å². The Labute approximate surface area is 140 Å². The lowest BCUT2D eigenvalue weighted by Crippen LogP contribution is -2.13. The predicted octanol–water partition coefficient (Wildman–Crippen LogP) is 2.07. The van der Waals surface area contributed by atoms with Gasteiger partial charge in [0.05, 0.1) is 22.6 Å². The molecule has 0 saturated heterocycles. The number of anilines is 1. The van der Waals surface area contributed by atoms with Crippen LogP contribution in [0.5, 0.6) is 0 Å². The molecule has 120 valence electrons. The molecule has 8 nitrogen and oxygen atoms in total. The van der Waals surface area contributed by atoms with Crippen molar-refractivity contribution in [3.8, 4) is 5.69 Å². The van der Waals surface area contributed by atoms with E-state index >= 15 is 0 Å². The fourth-order valence-electron chi connectivity index (χ4n) is 2.08. The van der Waals surface area contributed by atoms with Gasteiger partial charge in [-0.1, -0.05) is 0 Å². The zero-order valence-corrected chi connectivity index (χ0v) is 13.7. The molecule has 0 aliphatic rings. The summed E-state index contributed by atoms with van der Waals surface area (Å²) < 4.78 is 28.2. The summed E-state index contributed by atoms with van der Waals surface area (Å²) in [4.78, 5) is 9.49. The lowest BCUT2D eigenvalue weighted by atomic mass is 10.4. The Morgan fingerprint density at radius 3 is 2.92 bits per heavy atom. The molecule has 1 N–H and O–H groups in total. The molecule has 24 heavy (non-hydrogen) atoms. The first-order chi connectivity index (χ1) is 11.6. The van der Waals surface area contributed by atoms with Gasteiger partial charge in [-0.3, -0.25) is 14.7 Å². The summed E-state index contributed by atoms with van der Waals surface area (Å²) >= 11 is 1.43. The minimum atomic E-state index is -3.79. The van der Waals surface area contributed by atoms with Crippen LogP contribution in [0.15, 0.2) is 59.3 Å². The normalized spacial score (nSPS) is 11.7. The molecule has 0 fully saturated rings. The van der Waals surface area contributed by atoms with Crippen molar-refractivity contribution in [2.45, 2.75) is 4.90 Å². The molecule has 0 spiro atoms. The van der Waals surface area contributed by atoms with Gasteiger partial charge in [-0.25, -0.2) is 8.42 Å². The molecular weight excluding hydrogens is 348 g/mol. The van der Waals surface area contributed by atoms with Crippen molar-refractivity contribution in [3.05, 3.63) is 54.4 Å². The summed E-state index contributed by atoms with van der Waals surface area (Å²) in [6.07, 6.45) is 5.86. The SMILES string of the molecule is O=S(=O)(Nc1cnn(-c2cccnc2)n1)c1cnc2ccsc2c1. The summed E-state index contributed by atoms with van der Waals surface area (Å²) in [6.45, 7) is 0. The second kappa shape index (κ2) is 5.65. The summed E-state index contributed by atoms with van der Waals surface area (Å²) in [5.74, 6) is 0.116. The van der Waals surface area contributed by atoms with E-state index in [9.17, 15) is 8.42 Å². The highest BCUT2D eigenvalue weighted by Gasteiger charge is 2.17. The summed E-state index contributed by atoms with van der Waals surface area (Å²) in [7, 11) is -3.79. The first-order valence-corrected chi connectivity index (χ1v) is 9.17. The molecule has 4 heterocycles. The number of thiophene rings is 1. The van der Waals surface area contributed by atoms with Gasteiger partial charge in [0.2, 0.25) is 0 Å². The smallest absolute Gasteiger partial charge is 0.262 e. The van der Waals surface area contributed by atoms with Crippen LogP contribution in [0.3, 0.4) is 0 Å². The van der Waals surface area contributed by atoms with Crippen molar-refractivity contribution in [1.29, 1.82) is 0 Å². The molecule has 0 saturated carbocycles. The van der Waals surface area contributed by atoms with E-state index in [1.54, 1.807) is 30.6 Å². The minimum absolute atomic E-state index is 0.0772. The number of fused-ring (bicyclic) bond motifs is 1. The van der Waals surface area contributed by atoms with Crippen LogP contribution in [0.4, 0.5) is 5.82 Å². The fraction of sp³-hybridized carbons (Fsp3) is 0. The van der Waals surface area contributed by atoms with Crippen molar-refractivity contribution in [1.82, 2.24) is 25.0 Å². The molecule has 10 heteroatoms. The summed E-state index contributed by atoms with van der Waals surface area (Å²) in [5.41, 5.74) is 1.39. The second-order valence-corrected chi connectivity index (χ2v) is 7.44. The number of sulfonamides is 1. The van der Waals surface area contributed by atoms with Gasteiger partial charge in [0.15, 0.2) is 5.82 Å². The van der Waals surface area contributed by atoms with Crippen molar-refractivity contribution in [3.63, 3.8) is 0 Å². The van der Waals surface area contributed by atoms with Crippen molar-refractivity contribution in [2.75, 3.05) is 4.72 Å². The van der Waals surface area contributed by atoms with Gasteiger partial charge in [0.25, 0.3) is 10.0 Å². The van der Waals surface area contributed by atoms with E-state index in [0.717, 1.165) is 10.2 Å². The molecule has 4 aromatic rings. The highest BCUT2D eigenvalue weighted by Crippen LogP contribution is 2.22. The lowest BCUT2D eigenvalue weighted by molar-refractivity contribution is 0.600. The third kappa shape index (κ3) is 2.72. The van der Waals surface area contributed by atoms with Gasteiger partial charge in [0.1, 0.15) is 10.6 Å². The molecule has 0 atom stereocenters. The predicted molar refractivity (Wildman–Crippen MR) is 89.6 cm³/mol. The van der Waals surface area contributed by atoms with E-state index in [4.69, 9.17) is 0 Å². The maximum absolute atomic E-state index is 12.5. The Hall–Kier alpha value is -2.85. The average molecular weight is 358 g/mol. The highest BCUT2D eigenvalue weighted by molar-refractivity contribution is 7.92. The summed E-state index contributed by atoms with van der Waals surface area (Å²) in [5, 5.41) is 9.99. The highest BCUT2D eigenvalue weighted by atomic mass is 32.2. The standard InChI is InChI=1S/C14H10N6O2S2/c21-24(22,11-6-13-12(16-8-11)3-5-23-13)19-14-9-17-20(18-14)10-2-1-4-15-7-10/h1-9H,(H,18,19). The Morgan fingerprint density at radius 1 is 1.17 bits per heavy atom. The molecule has 0 aromatic carbocycles. The number of pyridine rings is 2. The number of hydrogen-bond donors (Lipinski definition) is 1. The van der Waals surface area contributed by atoms with Gasteiger partial charge >= 0.3 is 0 Å². The Kier molecular flexibility index (Phi) is 3.47. The first kappa shape index (κ1) is 14.7. The van der Waals surface area contributed by atoms with Crippen LogP contribution in [-0.4, -0.2) is 33.4 Å². The van der Waals surface area contributed by atoms with Gasteiger partial charge in [-0.15, -0.1) is 21.2 Å². The Bertz CT molecular complexity index is 1100. The van der Waals surface area contributed by atoms with Crippen LogP contribution < -0.4 is 4.72 Å². The number of rotatable bonds is 4. The topological polar surface area (TPSA) is 103 Å². The monoisotopic (exact) mass is 358 g/mol. The maximum atomic E-state index is 12.5. The molecule has 0 unspecified atom stereocenters. The number of nitrogens with one attached hydrogen (secondary N) is 1. The number of nitrogens with zero attached hydrogens (tertiary/aromatic N) is 5. The third-order valence-corrected chi connectivity index (χ3v) is 5.37. The molecular formula is C14H10N6O2S2. The second-order valence-electron chi connectivity index (χ2n) is 4.81. The first-order valence-electron chi connectivity index (χ1n) is 6.81. The molecule has 4 rings (SSSR count). The molecule has 4 aromatic heterocycles. The third-order valence-electron chi connectivity index (χ3n) is 3.20. The zero-order chi connectivity index (χ0) is 16.6. The van der Waals surface area contributed by atoms with Gasteiger partial charge < -0.3 is 0 Å². The quantitative estimate of drug-likeness (QED) is 0.599. The number of hydrogen-bond acceptors (Lipinski definition) is 7. The molecule has 0 bridgehead atoms. The Morgan fingerprint density at radius 2 is 2.08 bits per heavy atom. The van der Waals surface area contributed by atoms with Crippen LogP contribution in [-0.2, 0) is 10.0 Å². The molecule has 0 amide bonds. The lowest BCUT2D eigenvalue weighted by Gasteiger charge is -2.04. The largest absolute Gasteiger partial charge is 0.264 e. The summed E-state index contributed by atoms with van der Waals surface area (Å²) in [6, 6.07) is 6.93. The van der Waals surface area contributed by atoms with E-state index < -0.39 is 10.0 Å². The van der Waals surface area contributed by atoms with Crippen LogP contribution in [0, 0.1) is 0 Å².